The van der Waals surface area contributed by atoms with Gasteiger partial charge in [0.25, 0.3) is 11.1 Å². The lowest BCUT2D eigenvalue weighted by Gasteiger charge is -2.30. The summed E-state index contributed by atoms with van der Waals surface area (Å²) in [6.45, 7) is 11.6. The highest BCUT2D eigenvalue weighted by atomic mass is 16.5. The van der Waals surface area contributed by atoms with E-state index in [4.69, 9.17) is 4.74 Å². The van der Waals surface area contributed by atoms with Crippen molar-refractivity contribution >= 4 is 10.9 Å². The minimum absolute atomic E-state index is 0.0707. The van der Waals surface area contributed by atoms with Gasteiger partial charge in [0.1, 0.15) is 11.3 Å². The molecular formula is C31H34N6O3. The molecule has 0 atom stereocenters. The van der Waals surface area contributed by atoms with Crippen molar-refractivity contribution in [1.82, 2.24) is 29.2 Å². The van der Waals surface area contributed by atoms with Gasteiger partial charge in [-0.2, -0.15) is 5.10 Å². The van der Waals surface area contributed by atoms with Crippen LogP contribution >= 0.6 is 0 Å². The van der Waals surface area contributed by atoms with Crippen LogP contribution in [0.1, 0.15) is 42.8 Å². The lowest BCUT2D eigenvalue weighted by Crippen LogP contribution is -2.46. The smallest absolute Gasteiger partial charge is 0.274 e. The van der Waals surface area contributed by atoms with E-state index in [-0.39, 0.29) is 23.2 Å². The molecule has 2 N–H and O–H groups in total. The molecule has 5 heterocycles. The van der Waals surface area contributed by atoms with Gasteiger partial charge in [-0.3, -0.25) is 14.3 Å². The van der Waals surface area contributed by atoms with Crippen LogP contribution < -0.4 is 21.2 Å². The molecule has 0 unspecified atom stereocenters. The van der Waals surface area contributed by atoms with Gasteiger partial charge >= 0.3 is 0 Å². The fourth-order valence-electron chi connectivity index (χ4n) is 5.35. The second kappa shape index (κ2) is 9.67. The van der Waals surface area contributed by atoms with Crippen molar-refractivity contribution in [3.63, 3.8) is 0 Å². The van der Waals surface area contributed by atoms with Gasteiger partial charge in [-0.15, -0.1) is 0 Å². The monoisotopic (exact) mass is 538 g/mol. The molecule has 1 aliphatic heterocycles. The maximum absolute atomic E-state index is 13.4. The number of aromatic amines is 1. The first kappa shape index (κ1) is 25.9. The lowest BCUT2D eigenvalue weighted by atomic mass is 10.0. The Bertz CT molecular complexity index is 1860. The number of para-hydroxylation sites is 1. The van der Waals surface area contributed by atoms with Crippen LogP contribution in [0.3, 0.4) is 0 Å². The number of hydrogen-bond acceptors (Lipinski definition) is 5. The number of rotatable bonds is 6. The Morgan fingerprint density at radius 3 is 2.33 bits per heavy atom. The fraction of sp³-hybridized carbons (Fsp3) is 0.323. The van der Waals surface area contributed by atoms with E-state index < -0.39 is 0 Å². The summed E-state index contributed by atoms with van der Waals surface area (Å²) in [4.78, 5) is 30.0. The third kappa shape index (κ3) is 4.26. The molecule has 206 valence electrons. The number of benzene rings is 1. The number of pyridine rings is 2. The summed E-state index contributed by atoms with van der Waals surface area (Å²) < 4.78 is 11.8. The number of aryl methyl sites for hydroxylation is 4. The van der Waals surface area contributed by atoms with Crippen molar-refractivity contribution in [1.29, 1.82) is 0 Å². The molecule has 6 rings (SSSR count). The summed E-state index contributed by atoms with van der Waals surface area (Å²) in [7, 11) is 1.72. The molecule has 0 bridgehead atoms. The van der Waals surface area contributed by atoms with E-state index >= 15 is 0 Å². The van der Waals surface area contributed by atoms with Crippen LogP contribution in [0.15, 0.2) is 58.5 Å². The van der Waals surface area contributed by atoms with Crippen LogP contribution in [0.25, 0.3) is 33.3 Å². The SMILES string of the molecule is Cc1cccc(C)c1Oc1cn(C2CNC2)c(=O)cc1-c1cn(C)c(=O)c2[nH]c(-c3cn(C(C)C)nc3C)cc12. The van der Waals surface area contributed by atoms with Crippen molar-refractivity contribution < 1.29 is 4.74 Å². The molecule has 4 aromatic heterocycles. The van der Waals surface area contributed by atoms with Crippen molar-refractivity contribution in [3.8, 4) is 33.9 Å². The molecule has 40 heavy (non-hydrogen) atoms. The highest BCUT2D eigenvalue weighted by Crippen LogP contribution is 2.39. The van der Waals surface area contributed by atoms with Gasteiger partial charge in [-0.05, 0) is 51.8 Å². The molecule has 9 nitrogen and oxygen atoms in total. The van der Waals surface area contributed by atoms with Crippen molar-refractivity contribution in [2.75, 3.05) is 13.1 Å². The summed E-state index contributed by atoms with van der Waals surface area (Å²) in [5, 5.41) is 8.62. The number of nitrogens with zero attached hydrogens (tertiary/aromatic N) is 4. The zero-order valence-corrected chi connectivity index (χ0v) is 23.7. The van der Waals surface area contributed by atoms with Crippen molar-refractivity contribution in [2.24, 2.45) is 7.05 Å². The standard InChI is InChI=1S/C31H34N6O3/c1-17(2)37-15-24(20(5)34-37)26-10-23-25(14-35(6)31(39)29(23)33-26)22-11-28(38)36(21-12-32-13-21)16-27(22)40-30-18(3)8-7-9-19(30)4/h7-11,14-17,21,32-33H,12-13H2,1-6H3. The minimum Gasteiger partial charge on any atom is -0.455 e. The quantitative estimate of drug-likeness (QED) is 0.317. The largest absolute Gasteiger partial charge is 0.455 e. The van der Waals surface area contributed by atoms with Crippen LogP contribution in [0.5, 0.6) is 11.5 Å². The minimum atomic E-state index is -0.148. The van der Waals surface area contributed by atoms with E-state index in [1.807, 2.05) is 62.1 Å². The maximum Gasteiger partial charge on any atom is 0.274 e. The molecule has 0 saturated carbocycles. The normalized spacial score (nSPS) is 13.8. The summed E-state index contributed by atoms with van der Waals surface area (Å²) in [6.07, 6.45) is 5.60. The van der Waals surface area contributed by atoms with Gasteiger partial charge in [0, 0.05) is 66.7 Å². The molecule has 9 heteroatoms. The first-order valence-electron chi connectivity index (χ1n) is 13.6. The third-order valence-electron chi connectivity index (χ3n) is 7.81. The van der Waals surface area contributed by atoms with Crippen molar-refractivity contribution in [2.45, 2.75) is 46.7 Å². The number of hydrogen-bond donors (Lipinski definition) is 2. The molecule has 0 amide bonds. The zero-order valence-electron chi connectivity index (χ0n) is 23.7. The molecule has 5 aromatic rings. The summed E-state index contributed by atoms with van der Waals surface area (Å²) >= 11 is 0. The molecular weight excluding hydrogens is 504 g/mol. The first-order chi connectivity index (χ1) is 19.1. The molecule has 0 spiro atoms. The Morgan fingerprint density at radius 1 is 0.975 bits per heavy atom. The Balaban J connectivity index is 1.59. The van der Waals surface area contributed by atoms with Gasteiger partial charge in [-0.1, -0.05) is 18.2 Å². The predicted octanol–water partition coefficient (Wildman–Crippen LogP) is 5.00. The molecule has 1 fully saturated rings. The van der Waals surface area contributed by atoms with Crippen LogP contribution in [-0.2, 0) is 7.05 Å². The highest BCUT2D eigenvalue weighted by molar-refractivity contribution is 5.98. The second-order valence-corrected chi connectivity index (χ2v) is 11.1. The lowest BCUT2D eigenvalue weighted by molar-refractivity contribution is 0.331. The number of ether oxygens (including phenoxy) is 1. The maximum atomic E-state index is 13.4. The number of nitrogens with one attached hydrogen (secondary N) is 2. The average Bonchev–Trinajstić information content (AvgIpc) is 3.49. The molecule has 1 aromatic carbocycles. The van der Waals surface area contributed by atoms with Gasteiger partial charge in [0.05, 0.1) is 23.6 Å². The Labute approximate surface area is 232 Å². The molecule has 0 radical (unpaired) electrons. The zero-order chi connectivity index (χ0) is 28.3. The van der Waals surface area contributed by atoms with E-state index in [9.17, 15) is 9.59 Å². The van der Waals surface area contributed by atoms with Gasteiger partial charge < -0.3 is 24.2 Å². The first-order valence-corrected chi connectivity index (χ1v) is 13.6. The topological polar surface area (TPSA) is 98.9 Å². The van der Waals surface area contributed by atoms with Crippen LogP contribution in [0, 0.1) is 20.8 Å². The van der Waals surface area contributed by atoms with Crippen LogP contribution in [0.4, 0.5) is 0 Å². The fourth-order valence-corrected chi connectivity index (χ4v) is 5.35. The van der Waals surface area contributed by atoms with E-state index in [1.165, 1.54) is 0 Å². The molecule has 1 saturated heterocycles. The number of aromatic nitrogens is 5. The summed E-state index contributed by atoms with van der Waals surface area (Å²) in [6, 6.07) is 9.91. The van der Waals surface area contributed by atoms with Gasteiger partial charge in [-0.25, -0.2) is 0 Å². The molecule has 0 aliphatic carbocycles. The van der Waals surface area contributed by atoms with E-state index in [2.05, 4.69) is 29.2 Å². The average molecular weight is 539 g/mol. The second-order valence-electron chi connectivity index (χ2n) is 11.1. The van der Waals surface area contributed by atoms with Crippen molar-refractivity contribution in [3.05, 3.63) is 86.5 Å². The summed E-state index contributed by atoms with van der Waals surface area (Å²) in [5.41, 5.74) is 6.19. The highest BCUT2D eigenvalue weighted by Gasteiger charge is 2.24. The van der Waals surface area contributed by atoms with Gasteiger partial charge in [0.15, 0.2) is 5.75 Å². The van der Waals surface area contributed by atoms with Crippen LogP contribution in [0.2, 0.25) is 0 Å². The Kier molecular flexibility index (Phi) is 6.26. The molecule has 1 aliphatic rings. The Hall–Kier alpha value is -4.37. The number of fused-ring (bicyclic) bond motifs is 1. The number of H-pyrrole nitrogens is 1. The predicted molar refractivity (Wildman–Crippen MR) is 157 cm³/mol. The summed E-state index contributed by atoms with van der Waals surface area (Å²) in [5.74, 6) is 1.32. The van der Waals surface area contributed by atoms with Crippen LogP contribution in [-0.4, -0.2) is 37.0 Å². The van der Waals surface area contributed by atoms with E-state index in [1.54, 1.807) is 28.4 Å². The third-order valence-corrected chi connectivity index (χ3v) is 7.81. The van der Waals surface area contributed by atoms with Gasteiger partial charge in [0.2, 0.25) is 0 Å². The van der Waals surface area contributed by atoms with E-state index in [0.29, 0.717) is 16.8 Å². The van der Waals surface area contributed by atoms with E-state index in [0.717, 1.165) is 57.9 Å². The Morgan fingerprint density at radius 2 is 1.70 bits per heavy atom.